The first-order valence-corrected chi connectivity index (χ1v) is 7.70. The minimum absolute atomic E-state index is 0.774. The summed E-state index contributed by atoms with van der Waals surface area (Å²) < 4.78 is 0. The summed E-state index contributed by atoms with van der Waals surface area (Å²) in [4.78, 5) is 3.80. The van der Waals surface area contributed by atoms with Crippen LogP contribution in [0.4, 0.5) is 5.69 Å². The second kappa shape index (κ2) is 7.53. The molecule has 1 aromatic heterocycles. The van der Waals surface area contributed by atoms with Gasteiger partial charge in [0.2, 0.25) is 0 Å². The Balaban J connectivity index is 1.65. The van der Waals surface area contributed by atoms with Crippen LogP contribution in [0.2, 0.25) is 5.02 Å². The van der Waals surface area contributed by atoms with Crippen molar-refractivity contribution in [2.45, 2.75) is 6.42 Å². The van der Waals surface area contributed by atoms with Crippen molar-refractivity contribution in [1.29, 1.82) is 0 Å². The highest BCUT2D eigenvalue weighted by atomic mass is 35.5. The van der Waals surface area contributed by atoms with Gasteiger partial charge >= 0.3 is 0 Å². The molecule has 0 aliphatic rings. The van der Waals surface area contributed by atoms with Gasteiger partial charge in [-0.25, -0.2) is 0 Å². The molecule has 0 fully saturated rings. The van der Waals surface area contributed by atoms with E-state index in [1.165, 1.54) is 4.88 Å². The van der Waals surface area contributed by atoms with Crippen LogP contribution in [-0.4, -0.2) is 31.6 Å². The van der Waals surface area contributed by atoms with E-state index in [0.717, 1.165) is 36.8 Å². The monoisotopic (exact) mass is 294 g/mol. The van der Waals surface area contributed by atoms with Crippen LogP contribution >= 0.6 is 22.9 Å². The van der Waals surface area contributed by atoms with Gasteiger partial charge in [0, 0.05) is 35.2 Å². The van der Waals surface area contributed by atoms with Crippen LogP contribution in [0, 0.1) is 0 Å². The van der Waals surface area contributed by atoms with E-state index in [1.54, 1.807) is 0 Å². The molecule has 19 heavy (non-hydrogen) atoms. The van der Waals surface area contributed by atoms with E-state index in [4.69, 9.17) is 11.6 Å². The SMILES string of the molecule is CN(CCNc1cccc(Cl)c1)CCc1cccs1. The van der Waals surface area contributed by atoms with Crippen molar-refractivity contribution in [1.82, 2.24) is 4.90 Å². The van der Waals surface area contributed by atoms with Gasteiger partial charge in [-0.3, -0.25) is 0 Å². The zero-order chi connectivity index (χ0) is 13.5. The average Bonchev–Trinajstić information content (AvgIpc) is 2.89. The van der Waals surface area contributed by atoms with Crippen LogP contribution in [0.15, 0.2) is 41.8 Å². The smallest absolute Gasteiger partial charge is 0.0426 e. The standard InChI is InChI=1S/C15H19ClN2S/c1-18(9-7-15-6-3-11-19-15)10-8-17-14-5-2-4-13(16)12-14/h2-6,11-12,17H,7-10H2,1H3. The van der Waals surface area contributed by atoms with Gasteiger partial charge in [-0.2, -0.15) is 0 Å². The van der Waals surface area contributed by atoms with Gasteiger partial charge in [0.15, 0.2) is 0 Å². The summed E-state index contributed by atoms with van der Waals surface area (Å²) in [6.45, 7) is 3.05. The number of hydrogen-bond donors (Lipinski definition) is 1. The first-order valence-electron chi connectivity index (χ1n) is 6.44. The molecule has 1 N–H and O–H groups in total. The zero-order valence-electron chi connectivity index (χ0n) is 11.1. The Morgan fingerprint density at radius 3 is 2.84 bits per heavy atom. The lowest BCUT2D eigenvalue weighted by molar-refractivity contribution is 0.352. The zero-order valence-corrected chi connectivity index (χ0v) is 12.7. The van der Waals surface area contributed by atoms with Crippen LogP contribution in [0.3, 0.4) is 0 Å². The van der Waals surface area contributed by atoms with Crippen molar-refractivity contribution in [3.8, 4) is 0 Å². The molecule has 0 bridgehead atoms. The topological polar surface area (TPSA) is 15.3 Å². The van der Waals surface area contributed by atoms with E-state index in [-0.39, 0.29) is 0 Å². The molecule has 0 aliphatic carbocycles. The normalized spacial score (nSPS) is 10.9. The molecule has 102 valence electrons. The van der Waals surface area contributed by atoms with Crippen LogP contribution in [0.1, 0.15) is 4.88 Å². The Kier molecular flexibility index (Phi) is 5.70. The fourth-order valence-corrected chi connectivity index (χ4v) is 2.75. The van der Waals surface area contributed by atoms with Gasteiger partial charge in [0.1, 0.15) is 0 Å². The maximum Gasteiger partial charge on any atom is 0.0426 e. The summed E-state index contributed by atoms with van der Waals surface area (Å²) in [7, 11) is 2.16. The lowest BCUT2D eigenvalue weighted by atomic mass is 10.3. The van der Waals surface area contributed by atoms with Gasteiger partial charge in [-0.1, -0.05) is 23.7 Å². The second-order valence-electron chi connectivity index (χ2n) is 4.57. The summed E-state index contributed by atoms with van der Waals surface area (Å²) in [5, 5.41) is 6.30. The van der Waals surface area contributed by atoms with E-state index >= 15 is 0 Å². The molecule has 0 spiro atoms. The number of rotatable bonds is 7. The number of nitrogens with one attached hydrogen (secondary N) is 1. The molecular formula is C15H19ClN2S. The first-order chi connectivity index (χ1) is 9.24. The molecule has 4 heteroatoms. The molecule has 0 saturated heterocycles. The Morgan fingerprint density at radius 1 is 1.21 bits per heavy atom. The van der Waals surface area contributed by atoms with Crippen molar-refractivity contribution in [3.05, 3.63) is 51.7 Å². The number of halogens is 1. The highest BCUT2D eigenvalue weighted by molar-refractivity contribution is 7.09. The molecule has 0 aliphatic heterocycles. The van der Waals surface area contributed by atoms with Crippen LogP contribution < -0.4 is 5.32 Å². The maximum absolute atomic E-state index is 5.94. The predicted molar refractivity (Wildman–Crippen MR) is 85.5 cm³/mol. The number of thiophene rings is 1. The van der Waals surface area contributed by atoms with Crippen molar-refractivity contribution in [2.75, 3.05) is 32.0 Å². The largest absolute Gasteiger partial charge is 0.384 e. The summed E-state index contributed by atoms with van der Waals surface area (Å²) in [5.41, 5.74) is 1.08. The van der Waals surface area contributed by atoms with E-state index < -0.39 is 0 Å². The summed E-state index contributed by atoms with van der Waals surface area (Å²) in [6, 6.07) is 12.2. The molecular weight excluding hydrogens is 276 g/mol. The quantitative estimate of drug-likeness (QED) is 0.831. The van der Waals surface area contributed by atoms with E-state index in [9.17, 15) is 0 Å². The van der Waals surface area contributed by atoms with E-state index in [0.29, 0.717) is 0 Å². The Bertz CT molecular complexity index is 485. The Labute approximate surface area is 124 Å². The van der Waals surface area contributed by atoms with Gasteiger partial charge in [0.05, 0.1) is 0 Å². The summed E-state index contributed by atoms with van der Waals surface area (Å²) in [5.74, 6) is 0. The van der Waals surface area contributed by atoms with Crippen molar-refractivity contribution >= 4 is 28.6 Å². The number of nitrogens with zero attached hydrogens (tertiary/aromatic N) is 1. The van der Waals surface area contributed by atoms with Gasteiger partial charge in [-0.05, 0) is 43.1 Å². The second-order valence-corrected chi connectivity index (χ2v) is 6.04. The third-order valence-corrected chi connectivity index (χ3v) is 4.14. The molecule has 1 heterocycles. The Morgan fingerprint density at radius 2 is 2.11 bits per heavy atom. The molecule has 2 aromatic rings. The van der Waals surface area contributed by atoms with Crippen molar-refractivity contribution in [2.24, 2.45) is 0 Å². The fraction of sp³-hybridized carbons (Fsp3) is 0.333. The molecule has 2 nitrogen and oxygen atoms in total. The molecule has 2 rings (SSSR count). The average molecular weight is 295 g/mol. The number of benzene rings is 1. The molecule has 0 amide bonds. The van der Waals surface area contributed by atoms with Crippen molar-refractivity contribution < 1.29 is 0 Å². The van der Waals surface area contributed by atoms with Crippen LogP contribution in [0.25, 0.3) is 0 Å². The minimum Gasteiger partial charge on any atom is -0.384 e. The number of anilines is 1. The van der Waals surface area contributed by atoms with E-state index in [1.807, 2.05) is 35.6 Å². The highest BCUT2D eigenvalue weighted by Gasteiger charge is 2.00. The minimum atomic E-state index is 0.774. The first kappa shape index (κ1) is 14.4. The third kappa shape index (κ3) is 5.23. The summed E-state index contributed by atoms with van der Waals surface area (Å²) in [6.07, 6.45) is 1.13. The van der Waals surface area contributed by atoms with E-state index in [2.05, 4.69) is 34.8 Å². The maximum atomic E-state index is 5.94. The van der Waals surface area contributed by atoms with Gasteiger partial charge in [-0.15, -0.1) is 11.3 Å². The van der Waals surface area contributed by atoms with Crippen LogP contribution in [0.5, 0.6) is 0 Å². The third-order valence-electron chi connectivity index (χ3n) is 2.97. The molecule has 0 atom stereocenters. The van der Waals surface area contributed by atoms with Gasteiger partial charge in [0.25, 0.3) is 0 Å². The molecule has 1 aromatic carbocycles. The predicted octanol–water partition coefficient (Wildman–Crippen LogP) is 3.99. The summed E-state index contributed by atoms with van der Waals surface area (Å²) >= 11 is 7.77. The number of hydrogen-bond acceptors (Lipinski definition) is 3. The van der Waals surface area contributed by atoms with Crippen molar-refractivity contribution in [3.63, 3.8) is 0 Å². The Hall–Kier alpha value is -1.03. The molecule has 0 saturated carbocycles. The van der Waals surface area contributed by atoms with Crippen LogP contribution in [-0.2, 0) is 6.42 Å². The molecule has 0 unspecified atom stereocenters. The highest BCUT2D eigenvalue weighted by Crippen LogP contribution is 2.14. The van der Waals surface area contributed by atoms with Gasteiger partial charge < -0.3 is 10.2 Å². The lowest BCUT2D eigenvalue weighted by Crippen LogP contribution is -2.27. The lowest BCUT2D eigenvalue weighted by Gasteiger charge is -2.16. The molecule has 0 radical (unpaired) electrons. The fourth-order valence-electron chi connectivity index (χ4n) is 1.86. The number of likely N-dealkylation sites (N-methyl/N-ethyl adjacent to an activating group) is 1.